The van der Waals surface area contributed by atoms with Crippen molar-refractivity contribution >= 4 is 19.7 Å². The summed E-state index contributed by atoms with van der Waals surface area (Å²) in [5.41, 5.74) is 0. The zero-order valence-corrected chi connectivity index (χ0v) is 33.0. The van der Waals surface area contributed by atoms with Crippen molar-refractivity contribution in [3.05, 3.63) is 24.3 Å². The molecule has 0 aliphatic carbocycles. The Hall–Kier alpha value is -1.51. The number of phosphoric acid groups is 1. The van der Waals surface area contributed by atoms with Crippen molar-refractivity contribution in [2.75, 3.05) is 26.4 Å². The third-order valence-electron chi connectivity index (χ3n) is 8.60. The highest BCUT2D eigenvalue weighted by Gasteiger charge is 2.23. The molecule has 294 valence electrons. The van der Waals surface area contributed by atoms with Crippen LogP contribution in [0.5, 0.6) is 0 Å². The smallest absolute Gasteiger partial charge is 0.463 e. The van der Waals surface area contributed by atoms with Crippen molar-refractivity contribution in [3.63, 3.8) is 0 Å². The van der Waals surface area contributed by atoms with E-state index in [1.165, 1.54) is 89.9 Å². The third-order valence-corrected chi connectivity index (χ3v) is 9.59. The van der Waals surface area contributed by atoms with Crippen LogP contribution in [0.2, 0.25) is 0 Å². The van der Waals surface area contributed by atoms with Gasteiger partial charge in [-0.05, 0) is 64.2 Å². The van der Waals surface area contributed by atoms with Crippen molar-refractivity contribution in [1.29, 1.82) is 0 Å². The number of unbranched alkanes of at least 4 members (excludes halogenated alkanes) is 21. The first-order chi connectivity index (χ1) is 24.3. The van der Waals surface area contributed by atoms with Gasteiger partial charge in [-0.15, -0.1) is 0 Å². The number of carbonyl (C=O) groups is 2. The lowest BCUT2D eigenvalue weighted by atomic mass is 10.1. The maximum Gasteiger partial charge on any atom is 0.472 e. The first-order valence-electron chi connectivity index (χ1n) is 20.3. The van der Waals surface area contributed by atoms with Gasteiger partial charge in [0.2, 0.25) is 5.91 Å². The van der Waals surface area contributed by atoms with E-state index in [0.29, 0.717) is 6.42 Å². The minimum absolute atomic E-state index is 0.0777. The number of allylic oxidation sites excluding steroid dienone is 4. The highest BCUT2D eigenvalue weighted by molar-refractivity contribution is 7.47. The number of amides is 1. The summed E-state index contributed by atoms with van der Waals surface area (Å²) in [6, 6.07) is 0. The molecule has 9 nitrogen and oxygen atoms in total. The Morgan fingerprint density at radius 3 is 1.52 bits per heavy atom. The average molecular weight is 730 g/mol. The number of hydrogen-bond donors (Lipinski definition) is 3. The number of aliphatic hydroxyl groups excluding tert-OH is 1. The molecule has 2 unspecified atom stereocenters. The molecule has 0 aromatic rings. The fourth-order valence-corrected chi connectivity index (χ4v) is 6.24. The molecule has 0 aromatic heterocycles. The van der Waals surface area contributed by atoms with E-state index in [4.69, 9.17) is 13.8 Å². The largest absolute Gasteiger partial charge is 0.472 e. The van der Waals surface area contributed by atoms with Gasteiger partial charge in [0.05, 0.1) is 13.2 Å². The second kappa shape index (κ2) is 37.3. The van der Waals surface area contributed by atoms with Gasteiger partial charge in [-0.25, -0.2) is 4.57 Å². The zero-order valence-electron chi connectivity index (χ0n) is 32.1. The number of esters is 1. The van der Waals surface area contributed by atoms with E-state index in [1.54, 1.807) is 0 Å². The first-order valence-corrected chi connectivity index (χ1v) is 21.8. The van der Waals surface area contributed by atoms with Crippen LogP contribution in [-0.2, 0) is 27.9 Å². The molecule has 0 aliphatic heterocycles. The molecule has 2 atom stereocenters. The maximum atomic E-state index is 12.1. The summed E-state index contributed by atoms with van der Waals surface area (Å²) in [6.07, 6.45) is 38.2. The number of carbonyl (C=O) groups excluding carboxylic acids is 2. The molecule has 3 N–H and O–H groups in total. The number of phosphoric ester groups is 1. The van der Waals surface area contributed by atoms with Crippen LogP contribution in [0.15, 0.2) is 24.3 Å². The summed E-state index contributed by atoms with van der Waals surface area (Å²) in [5, 5.41) is 12.7. The number of rotatable bonds is 38. The Morgan fingerprint density at radius 1 is 0.600 bits per heavy atom. The quantitative estimate of drug-likeness (QED) is 0.0248. The lowest BCUT2D eigenvalue weighted by Gasteiger charge is -2.15. The van der Waals surface area contributed by atoms with Crippen LogP contribution in [0.25, 0.3) is 0 Å². The molecule has 0 saturated heterocycles. The van der Waals surface area contributed by atoms with Gasteiger partial charge in [-0.3, -0.25) is 18.6 Å². The molecule has 0 saturated carbocycles. The van der Waals surface area contributed by atoms with Crippen LogP contribution in [0.1, 0.15) is 187 Å². The fourth-order valence-electron chi connectivity index (χ4n) is 5.49. The molecule has 0 heterocycles. The normalized spacial score (nSPS) is 13.6. The lowest BCUT2D eigenvalue weighted by molar-refractivity contribution is -0.147. The lowest BCUT2D eigenvalue weighted by Crippen LogP contribution is -2.27. The second-order valence-corrected chi connectivity index (χ2v) is 15.1. The van der Waals surface area contributed by atoms with E-state index in [0.717, 1.165) is 70.6 Å². The molecule has 0 rings (SSSR count). The molecule has 0 fully saturated rings. The summed E-state index contributed by atoms with van der Waals surface area (Å²) in [7, 11) is -4.41. The first kappa shape index (κ1) is 48.5. The van der Waals surface area contributed by atoms with Crippen LogP contribution in [0.3, 0.4) is 0 Å². The molecule has 50 heavy (non-hydrogen) atoms. The molecule has 0 radical (unpaired) electrons. The zero-order chi connectivity index (χ0) is 36.8. The number of aliphatic hydroxyl groups is 1. The minimum Gasteiger partial charge on any atom is -0.463 e. The van der Waals surface area contributed by atoms with Gasteiger partial charge in [0.25, 0.3) is 0 Å². The number of ether oxygens (including phenoxy) is 1. The van der Waals surface area contributed by atoms with Gasteiger partial charge >= 0.3 is 13.8 Å². The Bertz CT molecular complexity index is 881. The highest BCUT2D eigenvalue weighted by atomic mass is 31.2. The van der Waals surface area contributed by atoms with Gasteiger partial charge in [-0.1, -0.05) is 134 Å². The summed E-state index contributed by atoms with van der Waals surface area (Å²) >= 11 is 0. The minimum atomic E-state index is -4.41. The predicted molar refractivity (Wildman–Crippen MR) is 206 cm³/mol. The number of nitrogens with one attached hydrogen (secondary N) is 1. The standard InChI is InChI=1S/C40H76NO8P/c1-3-5-7-9-11-13-15-17-18-19-21-22-24-26-28-30-32-39(43)41-34-35-48-50(45,46)49-37-38(42)36-47-40(44)33-31-29-27-25-23-20-16-14-12-10-8-6-4-2/h14,16,18-19,38,42H,3-13,15,17,20-37H2,1-2H3,(H,41,43)(H,45,46)/b16-14-,19-18-. The Morgan fingerprint density at radius 2 is 1.02 bits per heavy atom. The molecule has 10 heteroatoms. The Balaban J connectivity index is 3.62. The average Bonchev–Trinajstić information content (AvgIpc) is 3.10. The summed E-state index contributed by atoms with van der Waals surface area (Å²) < 4.78 is 26.8. The molecule has 0 aromatic carbocycles. The molecule has 0 bridgehead atoms. The Kier molecular flexibility index (Phi) is 36.1. The van der Waals surface area contributed by atoms with E-state index in [9.17, 15) is 24.2 Å². The topological polar surface area (TPSA) is 131 Å². The molecular weight excluding hydrogens is 653 g/mol. The molecule has 0 spiro atoms. The van der Waals surface area contributed by atoms with E-state index < -0.39 is 26.5 Å². The van der Waals surface area contributed by atoms with Crippen LogP contribution in [0, 0.1) is 0 Å². The molecule has 0 aliphatic rings. The molecule has 1 amide bonds. The van der Waals surface area contributed by atoms with Gasteiger partial charge < -0.3 is 20.1 Å². The Labute approximate surface area is 306 Å². The third kappa shape index (κ3) is 37.7. The second-order valence-electron chi connectivity index (χ2n) is 13.6. The van der Waals surface area contributed by atoms with E-state index in [-0.39, 0.29) is 32.1 Å². The van der Waals surface area contributed by atoms with E-state index in [2.05, 4.69) is 43.5 Å². The summed E-state index contributed by atoms with van der Waals surface area (Å²) in [4.78, 5) is 33.8. The van der Waals surface area contributed by atoms with Gasteiger partial charge in [-0.2, -0.15) is 0 Å². The van der Waals surface area contributed by atoms with Gasteiger partial charge in [0, 0.05) is 19.4 Å². The predicted octanol–water partition coefficient (Wildman–Crippen LogP) is 10.8. The van der Waals surface area contributed by atoms with Crippen LogP contribution in [-0.4, -0.2) is 54.3 Å². The summed E-state index contributed by atoms with van der Waals surface area (Å²) in [5.74, 6) is -0.532. The van der Waals surface area contributed by atoms with Crippen molar-refractivity contribution in [3.8, 4) is 0 Å². The van der Waals surface area contributed by atoms with Crippen LogP contribution >= 0.6 is 7.82 Å². The van der Waals surface area contributed by atoms with E-state index >= 15 is 0 Å². The van der Waals surface area contributed by atoms with Crippen molar-refractivity contribution in [2.24, 2.45) is 0 Å². The highest BCUT2D eigenvalue weighted by Crippen LogP contribution is 2.42. The number of hydrogen-bond acceptors (Lipinski definition) is 7. The molecular formula is C40H76NO8P. The van der Waals surface area contributed by atoms with Crippen molar-refractivity contribution in [1.82, 2.24) is 5.32 Å². The van der Waals surface area contributed by atoms with Gasteiger partial charge in [0.1, 0.15) is 12.7 Å². The maximum absolute atomic E-state index is 12.1. The monoisotopic (exact) mass is 730 g/mol. The van der Waals surface area contributed by atoms with Crippen LogP contribution < -0.4 is 5.32 Å². The fraction of sp³-hybridized carbons (Fsp3) is 0.850. The summed E-state index contributed by atoms with van der Waals surface area (Å²) in [6.45, 7) is 3.51. The SMILES string of the molecule is CCCCCC/C=C\CCCCCCCC(=O)OCC(O)COP(=O)(O)OCCNC(=O)CCCCCCC/C=C\CCCCCCCCC. The van der Waals surface area contributed by atoms with Crippen LogP contribution in [0.4, 0.5) is 0 Å². The van der Waals surface area contributed by atoms with Crippen molar-refractivity contribution < 1.29 is 37.9 Å². The van der Waals surface area contributed by atoms with Crippen molar-refractivity contribution in [2.45, 2.75) is 193 Å². The van der Waals surface area contributed by atoms with Gasteiger partial charge in [0.15, 0.2) is 0 Å². The van der Waals surface area contributed by atoms with E-state index in [1.807, 2.05) is 0 Å².